The molecular weight excluding hydrogens is 352 g/mol. The summed E-state index contributed by atoms with van der Waals surface area (Å²) < 4.78 is 5.48. The van der Waals surface area contributed by atoms with Crippen LogP contribution in [0.4, 0.5) is 5.82 Å². The van der Waals surface area contributed by atoms with E-state index in [-0.39, 0.29) is 0 Å². The molecule has 4 aliphatic heterocycles. The minimum absolute atomic E-state index is 0.391. The van der Waals surface area contributed by atoms with Crippen LogP contribution in [-0.4, -0.2) is 54.6 Å². The number of primary amides is 1. The smallest absolute Gasteiger partial charge is 0.248 e. The van der Waals surface area contributed by atoms with Gasteiger partial charge in [-0.3, -0.25) is 9.69 Å². The zero-order chi connectivity index (χ0) is 19.3. The number of aromatic nitrogens is 1. The molecule has 146 valence electrons. The van der Waals surface area contributed by atoms with Gasteiger partial charge in [-0.2, -0.15) is 0 Å². The summed E-state index contributed by atoms with van der Waals surface area (Å²) in [6, 6.07) is 12.9. The normalized spacial score (nSPS) is 30.9. The Morgan fingerprint density at radius 2 is 2.00 bits per heavy atom. The van der Waals surface area contributed by atoms with Gasteiger partial charge in [0.25, 0.3) is 0 Å². The first-order chi connectivity index (χ1) is 13.7. The van der Waals surface area contributed by atoms with Crippen LogP contribution in [0.2, 0.25) is 0 Å². The van der Waals surface area contributed by atoms with E-state index in [1.807, 2.05) is 12.1 Å². The Morgan fingerprint density at radius 3 is 2.75 bits per heavy atom. The molecule has 0 aliphatic carbocycles. The number of amides is 1. The second-order valence-corrected chi connectivity index (χ2v) is 8.16. The topological polar surface area (TPSA) is 71.7 Å². The largest absolute Gasteiger partial charge is 0.497 e. The molecule has 1 amide bonds. The SMILES string of the molecule is COc1cccc([C@@H]2CN(c3cc(C(N)=O)ccn3)[C@@H]3C4CCN(CC4)[C@@H]32)c1. The summed E-state index contributed by atoms with van der Waals surface area (Å²) in [5, 5.41) is 0. The van der Waals surface area contributed by atoms with Gasteiger partial charge in [-0.05, 0) is 61.7 Å². The minimum atomic E-state index is -0.405. The molecule has 0 unspecified atom stereocenters. The fraction of sp³-hybridized carbons (Fsp3) is 0.455. The fourth-order valence-corrected chi connectivity index (χ4v) is 5.58. The second kappa shape index (κ2) is 6.78. The van der Waals surface area contributed by atoms with E-state index in [4.69, 9.17) is 10.5 Å². The second-order valence-electron chi connectivity index (χ2n) is 8.16. The van der Waals surface area contributed by atoms with Gasteiger partial charge >= 0.3 is 0 Å². The van der Waals surface area contributed by atoms with Crippen molar-refractivity contribution in [2.45, 2.75) is 30.8 Å². The number of nitrogens with two attached hydrogens (primary N) is 1. The summed E-state index contributed by atoms with van der Waals surface area (Å²) in [4.78, 5) is 21.4. The molecule has 4 aliphatic rings. The lowest BCUT2D eigenvalue weighted by Gasteiger charge is -2.51. The summed E-state index contributed by atoms with van der Waals surface area (Å²) in [5.74, 6) is 2.42. The van der Waals surface area contributed by atoms with Crippen LogP contribution in [0.5, 0.6) is 5.75 Å². The lowest BCUT2D eigenvalue weighted by Crippen LogP contribution is -2.60. The Bertz CT molecular complexity index is 894. The van der Waals surface area contributed by atoms with Gasteiger partial charge in [-0.1, -0.05) is 12.1 Å². The highest BCUT2D eigenvalue weighted by Crippen LogP contribution is 2.48. The molecule has 1 aromatic carbocycles. The highest BCUT2D eigenvalue weighted by Gasteiger charge is 2.53. The van der Waals surface area contributed by atoms with Gasteiger partial charge in [-0.25, -0.2) is 4.98 Å². The van der Waals surface area contributed by atoms with E-state index in [9.17, 15) is 4.79 Å². The Balaban J connectivity index is 1.55. The van der Waals surface area contributed by atoms with Crippen LogP contribution in [0.15, 0.2) is 42.6 Å². The van der Waals surface area contributed by atoms with E-state index in [2.05, 4.69) is 33.0 Å². The molecule has 0 spiro atoms. The molecule has 2 bridgehead atoms. The predicted molar refractivity (Wildman–Crippen MR) is 108 cm³/mol. The van der Waals surface area contributed by atoms with Crippen molar-refractivity contribution in [1.82, 2.24) is 9.88 Å². The molecule has 28 heavy (non-hydrogen) atoms. The molecular formula is C22H26N4O2. The van der Waals surface area contributed by atoms with Crippen molar-refractivity contribution in [3.8, 4) is 5.75 Å². The van der Waals surface area contributed by atoms with Gasteiger partial charge in [0.1, 0.15) is 11.6 Å². The van der Waals surface area contributed by atoms with Gasteiger partial charge in [-0.15, -0.1) is 0 Å². The number of anilines is 1. The molecule has 3 atom stereocenters. The number of fused-ring (bicyclic) bond motifs is 2. The number of nitrogens with zero attached hydrogens (tertiary/aromatic N) is 3. The summed E-state index contributed by atoms with van der Waals surface area (Å²) in [7, 11) is 1.72. The number of piperidine rings is 3. The van der Waals surface area contributed by atoms with E-state index in [1.165, 1.54) is 31.5 Å². The summed E-state index contributed by atoms with van der Waals surface area (Å²) in [6.07, 6.45) is 4.17. The summed E-state index contributed by atoms with van der Waals surface area (Å²) in [6.45, 7) is 3.24. The Kier molecular flexibility index (Phi) is 4.23. The average molecular weight is 378 g/mol. The zero-order valence-electron chi connectivity index (χ0n) is 16.1. The van der Waals surface area contributed by atoms with Crippen LogP contribution < -0.4 is 15.4 Å². The van der Waals surface area contributed by atoms with Crippen LogP contribution >= 0.6 is 0 Å². The highest BCUT2D eigenvalue weighted by atomic mass is 16.5. The fourth-order valence-electron chi connectivity index (χ4n) is 5.58. The number of methoxy groups -OCH3 is 1. The summed E-state index contributed by atoms with van der Waals surface area (Å²) in [5.41, 5.74) is 7.35. The van der Waals surface area contributed by atoms with Gasteiger partial charge in [0.2, 0.25) is 5.91 Å². The molecule has 4 saturated heterocycles. The zero-order valence-corrected chi connectivity index (χ0v) is 16.1. The highest BCUT2D eigenvalue weighted by molar-refractivity contribution is 5.93. The van der Waals surface area contributed by atoms with Gasteiger partial charge < -0.3 is 15.4 Å². The first-order valence-electron chi connectivity index (χ1n) is 10.1. The van der Waals surface area contributed by atoms with Crippen molar-refractivity contribution in [1.29, 1.82) is 0 Å². The quantitative estimate of drug-likeness (QED) is 0.884. The number of hydrogen-bond acceptors (Lipinski definition) is 5. The van der Waals surface area contributed by atoms with Crippen molar-refractivity contribution in [3.05, 3.63) is 53.7 Å². The number of benzene rings is 1. The molecule has 2 aromatic rings. The van der Waals surface area contributed by atoms with Crippen LogP contribution in [0.25, 0.3) is 0 Å². The standard InChI is InChI=1S/C22H26N4O2/c1-28-17-4-2-3-15(11-17)18-13-26(19-12-16(22(23)27)5-8-24-19)20-14-6-9-25(10-7-14)21(18)20/h2-5,8,11-12,14,18,20-21H,6-7,9-10,13H2,1H3,(H2,23,27)/t18-,20+,21+/m0/s1. The molecule has 1 aromatic heterocycles. The third-order valence-electron chi connectivity index (χ3n) is 6.84. The number of rotatable bonds is 4. The van der Waals surface area contributed by atoms with E-state index in [1.54, 1.807) is 19.4 Å². The minimum Gasteiger partial charge on any atom is -0.497 e. The van der Waals surface area contributed by atoms with E-state index in [0.29, 0.717) is 29.5 Å². The first kappa shape index (κ1) is 17.5. The molecule has 0 radical (unpaired) electrons. The Morgan fingerprint density at radius 1 is 1.18 bits per heavy atom. The van der Waals surface area contributed by atoms with Crippen molar-refractivity contribution >= 4 is 11.7 Å². The molecule has 5 heterocycles. The predicted octanol–water partition coefficient (Wildman–Crippen LogP) is 2.26. The monoisotopic (exact) mass is 378 g/mol. The lowest BCUT2D eigenvalue weighted by atomic mass is 9.75. The molecule has 6 heteroatoms. The number of hydrogen-bond donors (Lipinski definition) is 1. The van der Waals surface area contributed by atoms with Crippen molar-refractivity contribution in [2.75, 3.05) is 31.6 Å². The van der Waals surface area contributed by atoms with Crippen molar-refractivity contribution < 1.29 is 9.53 Å². The molecule has 0 saturated carbocycles. The number of carbonyl (C=O) groups is 1. The van der Waals surface area contributed by atoms with Crippen molar-refractivity contribution in [2.24, 2.45) is 11.7 Å². The van der Waals surface area contributed by atoms with Crippen LogP contribution in [0.3, 0.4) is 0 Å². The maximum Gasteiger partial charge on any atom is 0.248 e. The lowest BCUT2D eigenvalue weighted by molar-refractivity contribution is 0.0354. The Labute approximate surface area is 165 Å². The molecule has 4 fully saturated rings. The first-order valence-corrected chi connectivity index (χ1v) is 10.1. The van der Waals surface area contributed by atoms with E-state index < -0.39 is 5.91 Å². The van der Waals surface area contributed by atoms with E-state index in [0.717, 1.165) is 18.1 Å². The van der Waals surface area contributed by atoms with E-state index >= 15 is 0 Å². The van der Waals surface area contributed by atoms with Gasteiger partial charge in [0.05, 0.1) is 7.11 Å². The average Bonchev–Trinajstić information content (AvgIpc) is 3.18. The number of pyridine rings is 1. The number of carbonyl (C=O) groups excluding carboxylic acids is 1. The Hall–Kier alpha value is -2.60. The van der Waals surface area contributed by atoms with Crippen molar-refractivity contribution in [3.63, 3.8) is 0 Å². The third kappa shape index (κ3) is 2.75. The van der Waals surface area contributed by atoms with Gasteiger partial charge in [0.15, 0.2) is 0 Å². The molecule has 2 N–H and O–H groups in total. The number of ether oxygens (including phenoxy) is 1. The maximum atomic E-state index is 11.7. The maximum absolute atomic E-state index is 11.7. The van der Waals surface area contributed by atoms with Crippen LogP contribution in [0.1, 0.15) is 34.7 Å². The molecule has 6 nitrogen and oxygen atoms in total. The third-order valence-corrected chi connectivity index (χ3v) is 6.84. The van der Waals surface area contributed by atoms with Crippen LogP contribution in [0, 0.1) is 5.92 Å². The summed E-state index contributed by atoms with van der Waals surface area (Å²) >= 11 is 0. The van der Waals surface area contributed by atoms with Crippen LogP contribution in [-0.2, 0) is 0 Å². The molecule has 6 rings (SSSR count). The van der Waals surface area contributed by atoms with Gasteiger partial charge in [0, 0.05) is 36.3 Å².